The van der Waals surface area contributed by atoms with E-state index in [1.807, 2.05) is 0 Å². The Morgan fingerprint density at radius 2 is 1.90 bits per heavy atom. The molecule has 1 saturated carbocycles. The lowest BCUT2D eigenvalue weighted by Crippen LogP contribution is -2.26. The maximum Gasteiger partial charge on any atom is 0.483 e. The maximum absolute atomic E-state index is 13.2. The van der Waals surface area contributed by atoms with Crippen LogP contribution in [-0.2, 0) is 19.3 Å². The van der Waals surface area contributed by atoms with E-state index in [0.29, 0.717) is 12.8 Å². The molecule has 1 atom stereocenters. The van der Waals surface area contributed by atoms with Gasteiger partial charge in [-0.3, -0.25) is 4.79 Å². The van der Waals surface area contributed by atoms with Crippen LogP contribution in [0.5, 0.6) is 0 Å². The average Bonchev–Trinajstić information content (AvgIpc) is 3.25. The second-order valence-electron chi connectivity index (χ2n) is 4.84. The van der Waals surface area contributed by atoms with Crippen molar-refractivity contribution in [3.05, 3.63) is 30.3 Å². The minimum Gasteiger partial charge on any atom is -0.469 e. The number of ether oxygens (including phenoxy) is 1. The normalized spacial score (nSPS) is 19.4. The highest BCUT2D eigenvalue weighted by atomic mass is 32.2. The third kappa shape index (κ3) is 2.90. The minimum absolute atomic E-state index is 0.394. The zero-order chi connectivity index (χ0) is 15.7. The zero-order valence-electron chi connectivity index (χ0n) is 11.2. The van der Waals surface area contributed by atoms with Gasteiger partial charge in [-0.15, -0.1) is 0 Å². The van der Waals surface area contributed by atoms with Crippen molar-refractivity contribution in [2.75, 3.05) is 13.7 Å². The van der Waals surface area contributed by atoms with Crippen molar-refractivity contribution < 1.29 is 26.9 Å². The Hall–Kier alpha value is -1.57. The summed E-state index contributed by atoms with van der Waals surface area (Å²) in [6.45, 7) is -0.451. The quantitative estimate of drug-likeness (QED) is 0.801. The molecule has 0 aliphatic heterocycles. The largest absolute Gasteiger partial charge is 0.483 e. The second kappa shape index (κ2) is 5.32. The third-order valence-electron chi connectivity index (χ3n) is 3.40. The Morgan fingerprint density at radius 1 is 1.33 bits per heavy atom. The van der Waals surface area contributed by atoms with Crippen LogP contribution in [0, 0.1) is 5.41 Å². The minimum atomic E-state index is -5.00. The van der Waals surface area contributed by atoms with Crippen LogP contribution in [0.15, 0.2) is 39.6 Å². The summed E-state index contributed by atoms with van der Waals surface area (Å²) in [5.41, 5.74) is -6.04. The molecule has 1 aromatic rings. The van der Waals surface area contributed by atoms with Gasteiger partial charge in [-0.25, -0.2) is 8.57 Å². The van der Waals surface area contributed by atoms with Crippen molar-refractivity contribution in [3.8, 4) is 0 Å². The van der Waals surface area contributed by atoms with Crippen LogP contribution in [0.25, 0.3) is 0 Å². The molecule has 0 aromatic heterocycles. The summed E-state index contributed by atoms with van der Waals surface area (Å²) in [6.07, 6.45) is 0.788. The molecule has 0 spiro atoms. The van der Waals surface area contributed by atoms with Crippen molar-refractivity contribution in [2.45, 2.75) is 23.2 Å². The maximum atomic E-state index is 13.2. The summed E-state index contributed by atoms with van der Waals surface area (Å²) in [5, 5.41) is 0. The molecule has 2 rings (SSSR count). The van der Waals surface area contributed by atoms with Crippen LogP contribution in [0.1, 0.15) is 12.8 Å². The molecule has 4 nitrogen and oxygen atoms in total. The van der Waals surface area contributed by atoms with Crippen LogP contribution < -0.4 is 0 Å². The number of hydrogen-bond donors (Lipinski definition) is 0. The first-order valence-corrected chi connectivity index (χ1v) is 7.69. The molecule has 0 N–H and O–H groups in total. The molecule has 0 saturated heterocycles. The Balaban J connectivity index is 2.42. The van der Waals surface area contributed by atoms with Crippen LogP contribution in [0.4, 0.5) is 13.2 Å². The van der Waals surface area contributed by atoms with Crippen molar-refractivity contribution in [3.63, 3.8) is 0 Å². The van der Waals surface area contributed by atoms with Crippen LogP contribution in [0.3, 0.4) is 0 Å². The van der Waals surface area contributed by atoms with Gasteiger partial charge in [0.15, 0.2) is 9.73 Å². The fraction of sp³-hybridized carbons (Fsp3) is 0.462. The first-order valence-electron chi connectivity index (χ1n) is 6.18. The number of carbonyl (C=O) groups excluding carboxylic acids is 1. The van der Waals surface area contributed by atoms with Gasteiger partial charge in [0, 0.05) is 0 Å². The molecule has 0 heterocycles. The van der Waals surface area contributed by atoms with E-state index >= 15 is 0 Å². The molecule has 1 fully saturated rings. The number of carbonyl (C=O) groups is 1. The average molecular weight is 321 g/mol. The Labute approximate surface area is 120 Å². The number of esters is 1. The number of rotatable bonds is 4. The fourth-order valence-corrected chi connectivity index (χ4v) is 3.41. The van der Waals surface area contributed by atoms with E-state index in [-0.39, 0.29) is 0 Å². The second-order valence-corrected chi connectivity index (χ2v) is 7.09. The lowest BCUT2D eigenvalue weighted by Gasteiger charge is -2.16. The standard InChI is InChI=1S/C13H14F3NO3S/c1-20-11(18)12(7-8-12)9-17-21(19,13(14,15)16)10-5-3-2-4-6-10/h2-6H,7-9H2,1H3. The van der Waals surface area contributed by atoms with Crippen molar-refractivity contribution >= 4 is 15.7 Å². The van der Waals surface area contributed by atoms with E-state index in [2.05, 4.69) is 9.10 Å². The molecule has 0 amide bonds. The van der Waals surface area contributed by atoms with Crippen molar-refractivity contribution in [2.24, 2.45) is 9.78 Å². The Bertz CT molecular complexity index is 644. The van der Waals surface area contributed by atoms with E-state index in [9.17, 15) is 22.2 Å². The first kappa shape index (κ1) is 15.8. The number of alkyl halides is 3. The summed E-state index contributed by atoms with van der Waals surface area (Å²) in [5.74, 6) is -0.608. The number of benzene rings is 1. The predicted octanol–water partition coefficient (Wildman–Crippen LogP) is 2.99. The van der Waals surface area contributed by atoms with Gasteiger partial charge in [0.1, 0.15) is 0 Å². The molecule has 21 heavy (non-hydrogen) atoms. The van der Waals surface area contributed by atoms with Gasteiger partial charge >= 0.3 is 11.5 Å². The molecule has 1 aromatic carbocycles. The van der Waals surface area contributed by atoms with Crippen LogP contribution >= 0.6 is 0 Å². The lowest BCUT2D eigenvalue weighted by atomic mass is 10.1. The van der Waals surface area contributed by atoms with E-state index in [1.54, 1.807) is 0 Å². The number of methoxy groups -OCH3 is 1. The summed E-state index contributed by atoms with van der Waals surface area (Å²) in [4.78, 5) is 11.1. The summed E-state index contributed by atoms with van der Waals surface area (Å²) >= 11 is 0. The highest BCUT2D eigenvalue weighted by molar-refractivity contribution is 7.94. The van der Waals surface area contributed by atoms with Gasteiger partial charge < -0.3 is 4.74 Å². The number of nitrogens with zero attached hydrogens (tertiary/aromatic N) is 1. The highest BCUT2D eigenvalue weighted by Gasteiger charge is 2.53. The summed E-state index contributed by atoms with van der Waals surface area (Å²) in [6, 6.07) is 6.50. The van der Waals surface area contributed by atoms with Gasteiger partial charge in [0.05, 0.1) is 24.0 Å². The summed E-state index contributed by atoms with van der Waals surface area (Å²) in [7, 11) is -3.43. The Kier molecular flexibility index (Phi) is 4.01. The fourth-order valence-electron chi connectivity index (χ4n) is 1.89. The molecule has 1 unspecified atom stereocenters. The van der Waals surface area contributed by atoms with Gasteiger partial charge in [-0.05, 0) is 25.0 Å². The zero-order valence-corrected chi connectivity index (χ0v) is 12.0. The molecule has 0 radical (unpaired) electrons. The Morgan fingerprint density at radius 3 is 2.33 bits per heavy atom. The van der Waals surface area contributed by atoms with Gasteiger partial charge in [-0.1, -0.05) is 18.2 Å². The van der Waals surface area contributed by atoms with Gasteiger partial charge in [0.25, 0.3) is 0 Å². The molecule has 8 heteroatoms. The number of halogens is 3. The monoisotopic (exact) mass is 321 g/mol. The predicted molar refractivity (Wildman–Crippen MR) is 69.9 cm³/mol. The van der Waals surface area contributed by atoms with Crippen LogP contribution in [0.2, 0.25) is 0 Å². The SMILES string of the molecule is COC(=O)C1(CN=S(=O)(c2ccccc2)C(F)(F)F)CC1. The third-order valence-corrected chi connectivity index (χ3v) is 5.43. The highest BCUT2D eigenvalue weighted by Crippen LogP contribution is 2.48. The molecular formula is C13H14F3NO3S. The first-order chi connectivity index (χ1) is 9.75. The molecular weight excluding hydrogens is 307 g/mol. The van der Waals surface area contributed by atoms with Gasteiger partial charge in [-0.2, -0.15) is 13.2 Å². The summed E-state index contributed by atoms with van der Waals surface area (Å²) < 4.78 is 59.9. The smallest absolute Gasteiger partial charge is 0.469 e. The molecule has 1 aliphatic carbocycles. The topological polar surface area (TPSA) is 55.7 Å². The molecule has 1 aliphatic rings. The molecule has 116 valence electrons. The van der Waals surface area contributed by atoms with E-state index in [1.165, 1.54) is 25.3 Å². The van der Waals surface area contributed by atoms with Gasteiger partial charge in [0.2, 0.25) is 0 Å². The lowest BCUT2D eigenvalue weighted by molar-refractivity contribution is -0.146. The van der Waals surface area contributed by atoms with E-state index in [0.717, 1.165) is 12.1 Å². The van der Waals surface area contributed by atoms with Crippen molar-refractivity contribution in [1.82, 2.24) is 0 Å². The van der Waals surface area contributed by atoms with Crippen molar-refractivity contribution in [1.29, 1.82) is 0 Å². The van der Waals surface area contributed by atoms with Crippen LogP contribution in [-0.4, -0.2) is 29.3 Å². The van der Waals surface area contributed by atoms with E-state index < -0.39 is 38.1 Å². The number of hydrogen-bond acceptors (Lipinski definition) is 4. The molecule has 0 bridgehead atoms. The van der Waals surface area contributed by atoms with E-state index in [4.69, 9.17) is 0 Å².